The number of aromatic nitrogens is 4. The van der Waals surface area contributed by atoms with E-state index >= 15 is 0 Å². The van der Waals surface area contributed by atoms with Crippen molar-refractivity contribution in [2.45, 2.75) is 51.2 Å². The van der Waals surface area contributed by atoms with Crippen LogP contribution < -0.4 is 9.64 Å². The Labute approximate surface area is 206 Å². The maximum absolute atomic E-state index is 6.59. The molecule has 0 bridgehead atoms. The van der Waals surface area contributed by atoms with Gasteiger partial charge < -0.3 is 19.3 Å². The Kier molecular flexibility index (Phi) is 6.48. The van der Waals surface area contributed by atoms with Crippen molar-refractivity contribution >= 4 is 16.7 Å². The summed E-state index contributed by atoms with van der Waals surface area (Å²) < 4.78 is 12.1. The van der Waals surface area contributed by atoms with Gasteiger partial charge >= 0.3 is 0 Å². The average molecular weight is 475 g/mol. The van der Waals surface area contributed by atoms with Gasteiger partial charge in [-0.05, 0) is 44.7 Å². The molecule has 184 valence electrons. The van der Waals surface area contributed by atoms with Gasteiger partial charge in [-0.15, -0.1) is 0 Å². The highest BCUT2D eigenvalue weighted by atomic mass is 16.5. The summed E-state index contributed by atoms with van der Waals surface area (Å²) in [5.41, 5.74) is 5.41. The van der Waals surface area contributed by atoms with E-state index < -0.39 is 0 Å². The topological polar surface area (TPSA) is 76.5 Å². The lowest BCUT2D eigenvalue weighted by Crippen LogP contribution is -2.36. The van der Waals surface area contributed by atoms with Crippen LogP contribution in [0.3, 0.4) is 0 Å². The molecule has 1 aliphatic carbocycles. The van der Waals surface area contributed by atoms with E-state index in [1.165, 1.54) is 11.3 Å². The largest absolute Gasteiger partial charge is 0.488 e. The first kappa shape index (κ1) is 22.6. The van der Waals surface area contributed by atoms with Gasteiger partial charge in [-0.25, -0.2) is 15.0 Å². The number of hydrogen-bond donors (Lipinski definition) is 0. The zero-order valence-electron chi connectivity index (χ0n) is 20.5. The van der Waals surface area contributed by atoms with Crippen molar-refractivity contribution in [1.29, 1.82) is 0 Å². The van der Waals surface area contributed by atoms with E-state index in [0.717, 1.165) is 106 Å². The predicted molar refractivity (Wildman–Crippen MR) is 135 cm³/mol. The third-order valence-corrected chi connectivity index (χ3v) is 7.63. The molecular formula is C27H34N6O2. The van der Waals surface area contributed by atoms with Crippen molar-refractivity contribution in [2.24, 2.45) is 5.92 Å². The van der Waals surface area contributed by atoms with Crippen molar-refractivity contribution < 1.29 is 9.47 Å². The third kappa shape index (κ3) is 5.09. The van der Waals surface area contributed by atoms with Gasteiger partial charge in [-0.3, -0.25) is 4.98 Å². The Morgan fingerprint density at radius 1 is 1.00 bits per heavy atom. The van der Waals surface area contributed by atoms with Crippen molar-refractivity contribution in [3.8, 4) is 5.75 Å². The standard InChI is InChI=1S/C27H34N6O2/c1-32-9-6-23-20(18-32)17-30-26(31-23)14-19-2-4-22(5-3-19)35-25-16-21(33-10-12-34-13-11-33)15-24-27(25)29-8-7-28-24/h7-8,15-17,19,22H,2-6,9-14,18H2,1H3. The molecule has 35 heavy (non-hydrogen) atoms. The van der Waals surface area contributed by atoms with E-state index in [1.807, 2.05) is 0 Å². The summed E-state index contributed by atoms with van der Waals surface area (Å²) >= 11 is 0. The molecule has 0 radical (unpaired) electrons. The van der Waals surface area contributed by atoms with E-state index in [1.54, 1.807) is 12.4 Å². The molecule has 3 aliphatic rings. The van der Waals surface area contributed by atoms with E-state index in [4.69, 9.17) is 19.4 Å². The fourth-order valence-electron chi connectivity index (χ4n) is 5.61. The lowest BCUT2D eigenvalue weighted by molar-refractivity contribution is 0.122. The van der Waals surface area contributed by atoms with Crippen LogP contribution in [0.15, 0.2) is 30.7 Å². The first-order chi connectivity index (χ1) is 17.2. The Hall–Kier alpha value is -2.84. The molecule has 1 saturated carbocycles. The van der Waals surface area contributed by atoms with E-state index in [2.05, 4.69) is 45.1 Å². The van der Waals surface area contributed by atoms with Crippen LogP contribution in [-0.4, -0.2) is 70.8 Å². The SMILES string of the molecule is CN1CCc2nc(CC3CCC(Oc4cc(N5CCOCC5)cc5nccnc45)CC3)ncc2C1. The zero-order chi connectivity index (χ0) is 23.6. The normalized spacial score (nSPS) is 23.3. The Bertz CT molecular complexity index is 1170. The number of ether oxygens (including phenoxy) is 2. The van der Waals surface area contributed by atoms with E-state index in [-0.39, 0.29) is 6.10 Å². The maximum atomic E-state index is 6.59. The molecule has 1 aromatic carbocycles. The summed E-state index contributed by atoms with van der Waals surface area (Å²) in [7, 11) is 2.16. The quantitative estimate of drug-likeness (QED) is 0.557. The molecule has 0 N–H and O–H groups in total. The molecule has 2 aromatic heterocycles. The van der Waals surface area contributed by atoms with Crippen LogP contribution in [0.25, 0.3) is 11.0 Å². The molecule has 8 nitrogen and oxygen atoms in total. The van der Waals surface area contributed by atoms with Crippen LogP contribution in [0.1, 0.15) is 42.8 Å². The Morgan fingerprint density at radius 3 is 2.69 bits per heavy atom. The smallest absolute Gasteiger partial charge is 0.149 e. The van der Waals surface area contributed by atoms with Crippen molar-refractivity contribution in [3.05, 3.63) is 47.8 Å². The second-order valence-electron chi connectivity index (χ2n) is 10.2. The number of rotatable bonds is 5. The van der Waals surface area contributed by atoms with Crippen LogP contribution in [-0.2, 0) is 24.1 Å². The fraction of sp³-hybridized carbons (Fsp3) is 0.556. The van der Waals surface area contributed by atoms with Gasteiger partial charge in [0.05, 0.1) is 24.8 Å². The fourth-order valence-corrected chi connectivity index (χ4v) is 5.61. The molecule has 1 saturated heterocycles. The summed E-state index contributed by atoms with van der Waals surface area (Å²) in [5.74, 6) is 2.48. The lowest BCUT2D eigenvalue weighted by Gasteiger charge is -2.31. The van der Waals surface area contributed by atoms with Gasteiger partial charge in [0.1, 0.15) is 17.1 Å². The van der Waals surface area contributed by atoms with Crippen molar-refractivity contribution in [3.63, 3.8) is 0 Å². The van der Waals surface area contributed by atoms with Crippen LogP contribution >= 0.6 is 0 Å². The number of benzene rings is 1. The number of likely N-dealkylation sites (N-methyl/N-ethyl adjacent to an activating group) is 1. The molecular weight excluding hydrogens is 440 g/mol. The predicted octanol–water partition coefficient (Wildman–Crippen LogP) is 3.42. The van der Waals surface area contributed by atoms with Gasteiger partial charge in [0.2, 0.25) is 0 Å². The molecule has 8 heteroatoms. The first-order valence-corrected chi connectivity index (χ1v) is 13.0. The number of hydrogen-bond acceptors (Lipinski definition) is 8. The summed E-state index contributed by atoms with van der Waals surface area (Å²) in [6.45, 7) is 5.32. The van der Waals surface area contributed by atoms with Crippen LogP contribution in [0.5, 0.6) is 5.75 Å². The van der Waals surface area contributed by atoms with Gasteiger partial charge in [0.25, 0.3) is 0 Å². The first-order valence-electron chi connectivity index (χ1n) is 13.0. The number of fused-ring (bicyclic) bond motifs is 2. The summed E-state index contributed by atoms with van der Waals surface area (Å²) in [5, 5.41) is 0. The molecule has 2 fully saturated rings. The number of morpholine rings is 1. The highest BCUT2D eigenvalue weighted by Crippen LogP contribution is 2.34. The minimum atomic E-state index is 0.205. The third-order valence-electron chi connectivity index (χ3n) is 7.63. The molecule has 2 aliphatic heterocycles. The molecule has 0 unspecified atom stereocenters. The summed E-state index contributed by atoms with van der Waals surface area (Å²) in [6.07, 6.45) is 12.1. The molecule has 0 amide bonds. The summed E-state index contributed by atoms with van der Waals surface area (Å²) in [6, 6.07) is 4.26. The highest BCUT2D eigenvalue weighted by Gasteiger charge is 2.25. The van der Waals surface area contributed by atoms with Gasteiger partial charge in [-0.1, -0.05) is 0 Å². The second-order valence-corrected chi connectivity index (χ2v) is 10.2. The van der Waals surface area contributed by atoms with Crippen LogP contribution in [0.2, 0.25) is 0 Å². The van der Waals surface area contributed by atoms with Crippen molar-refractivity contribution in [1.82, 2.24) is 24.8 Å². The number of anilines is 1. The molecule has 0 spiro atoms. The van der Waals surface area contributed by atoms with E-state index in [0.29, 0.717) is 5.92 Å². The Balaban J connectivity index is 1.11. The monoisotopic (exact) mass is 474 g/mol. The molecule has 0 atom stereocenters. The minimum absolute atomic E-state index is 0.205. The number of nitrogens with zero attached hydrogens (tertiary/aromatic N) is 6. The average Bonchev–Trinajstić information content (AvgIpc) is 2.90. The van der Waals surface area contributed by atoms with Gasteiger partial charge in [-0.2, -0.15) is 0 Å². The zero-order valence-corrected chi connectivity index (χ0v) is 20.5. The van der Waals surface area contributed by atoms with Crippen LogP contribution in [0, 0.1) is 5.92 Å². The maximum Gasteiger partial charge on any atom is 0.149 e. The second kappa shape index (κ2) is 10.0. The summed E-state index contributed by atoms with van der Waals surface area (Å²) in [4.78, 5) is 23.5. The van der Waals surface area contributed by atoms with Gasteiger partial charge in [0, 0.05) is 80.6 Å². The highest BCUT2D eigenvalue weighted by molar-refractivity contribution is 5.85. The minimum Gasteiger partial charge on any atom is -0.488 e. The molecule has 6 rings (SSSR count). The van der Waals surface area contributed by atoms with Crippen molar-refractivity contribution in [2.75, 3.05) is 44.8 Å². The lowest BCUT2D eigenvalue weighted by atomic mass is 9.85. The van der Waals surface area contributed by atoms with Crippen LogP contribution in [0.4, 0.5) is 5.69 Å². The molecule has 3 aromatic rings. The van der Waals surface area contributed by atoms with E-state index in [9.17, 15) is 0 Å². The van der Waals surface area contributed by atoms with Gasteiger partial charge in [0.15, 0.2) is 0 Å². The Morgan fingerprint density at radius 2 is 1.83 bits per heavy atom. The molecule has 4 heterocycles.